The predicted octanol–water partition coefficient (Wildman–Crippen LogP) is 3.00. The van der Waals surface area contributed by atoms with Gasteiger partial charge in [-0.25, -0.2) is 0 Å². The molecule has 92 valence electrons. The van der Waals surface area contributed by atoms with E-state index in [0.717, 1.165) is 12.2 Å². The van der Waals surface area contributed by atoms with Gasteiger partial charge in [0.2, 0.25) is 0 Å². The molecule has 0 amide bonds. The molecule has 0 aliphatic carbocycles. The molecule has 0 radical (unpaired) electrons. The number of nitrogens with zero attached hydrogens (tertiary/aromatic N) is 1. The first kappa shape index (κ1) is 12.0. The van der Waals surface area contributed by atoms with Crippen LogP contribution in [0.5, 0.6) is 0 Å². The number of nitrogen functional groups attached to an aromatic ring is 2. The first-order valence-electron chi connectivity index (χ1n) is 5.79. The normalized spacial score (nSPS) is 10.0. The van der Waals surface area contributed by atoms with E-state index in [2.05, 4.69) is 18.7 Å². The number of anilines is 3. The second kappa shape index (κ2) is 5.27. The highest BCUT2D eigenvalue weighted by molar-refractivity contribution is 5.72. The molecule has 0 saturated carbocycles. The van der Waals surface area contributed by atoms with E-state index in [0.29, 0.717) is 11.4 Å². The monoisotopic (exact) mass is 239 g/mol. The van der Waals surface area contributed by atoms with Gasteiger partial charge in [-0.15, -0.1) is 0 Å². The second-order valence-electron chi connectivity index (χ2n) is 4.11. The van der Waals surface area contributed by atoms with Crippen molar-refractivity contribution in [2.45, 2.75) is 6.54 Å². The van der Waals surface area contributed by atoms with Crippen LogP contribution in [0.3, 0.4) is 0 Å². The second-order valence-corrected chi connectivity index (χ2v) is 4.11. The van der Waals surface area contributed by atoms with Crippen molar-refractivity contribution in [1.82, 2.24) is 0 Å². The predicted molar refractivity (Wildman–Crippen MR) is 78.1 cm³/mol. The summed E-state index contributed by atoms with van der Waals surface area (Å²) in [4.78, 5) is 2.00. The zero-order valence-corrected chi connectivity index (χ0v) is 10.2. The van der Waals surface area contributed by atoms with Crippen molar-refractivity contribution in [2.24, 2.45) is 0 Å². The molecule has 0 spiro atoms. The van der Waals surface area contributed by atoms with Crippen LogP contribution >= 0.6 is 0 Å². The van der Waals surface area contributed by atoms with E-state index in [1.54, 1.807) is 12.3 Å². The zero-order chi connectivity index (χ0) is 13.0. The average molecular weight is 239 g/mol. The van der Waals surface area contributed by atoms with Crippen molar-refractivity contribution in [3.05, 3.63) is 66.9 Å². The van der Waals surface area contributed by atoms with Gasteiger partial charge in [-0.3, -0.25) is 0 Å². The molecule has 2 aromatic carbocycles. The lowest BCUT2D eigenvalue weighted by molar-refractivity contribution is 0.972. The lowest BCUT2D eigenvalue weighted by atomic mass is 10.2. The molecule has 0 fully saturated rings. The summed E-state index contributed by atoms with van der Waals surface area (Å²) < 4.78 is 0. The Balaban J connectivity index is 2.26. The molecule has 0 bridgehead atoms. The minimum atomic E-state index is 0.658. The summed E-state index contributed by atoms with van der Waals surface area (Å²) in [5.74, 6) is 0. The van der Waals surface area contributed by atoms with Crippen LogP contribution in [-0.4, -0.2) is 0 Å². The maximum Gasteiger partial charge on any atom is 0.0644 e. The van der Waals surface area contributed by atoms with E-state index in [-0.39, 0.29) is 0 Å². The van der Waals surface area contributed by atoms with Gasteiger partial charge in [0.05, 0.1) is 11.4 Å². The van der Waals surface area contributed by atoms with Gasteiger partial charge in [-0.1, -0.05) is 36.9 Å². The highest BCUT2D eigenvalue weighted by Gasteiger charge is 2.07. The van der Waals surface area contributed by atoms with Crippen LogP contribution in [0, 0.1) is 0 Å². The Morgan fingerprint density at radius 1 is 1.06 bits per heavy atom. The van der Waals surface area contributed by atoms with Crippen molar-refractivity contribution in [2.75, 3.05) is 16.4 Å². The number of hydrogen-bond donors (Lipinski definition) is 2. The zero-order valence-electron chi connectivity index (χ0n) is 10.2. The Bertz CT molecular complexity index is 535. The van der Waals surface area contributed by atoms with Gasteiger partial charge in [-0.05, 0) is 30.0 Å². The number of rotatable bonds is 4. The topological polar surface area (TPSA) is 55.3 Å². The Kier molecular flexibility index (Phi) is 3.53. The third-order valence-electron chi connectivity index (χ3n) is 2.78. The van der Waals surface area contributed by atoms with E-state index in [1.165, 1.54) is 5.56 Å². The molecule has 0 unspecified atom stereocenters. The molecule has 0 aliphatic heterocycles. The largest absolute Gasteiger partial charge is 0.399 e. The van der Waals surface area contributed by atoms with E-state index < -0.39 is 0 Å². The minimum absolute atomic E-state index is 0.658. The highest BCUT2D eigenvalue weighted by Crippen LogP contribution is 2.26. The van der Waals surface area contributed by atoms with Crippen LogP contribution in [0.15, 0.2) is 61.3 Å². The third-order valence-corrected chi connectivity index (χ3v) is 2.78. The molecule has 0 atom stereocenters. The number of hydrogen-bond acceptors (Lipinski definition) is 3. The van der Waals surface area contributed by atoms with Gasteiger partial charge >= 0.3 is 0 Å². The van der Waals surface area contributed by atoms with Crippen molar-refractivity contribution in [3.8, 4) is 0 Å². The average Bonchev–Trinajstić information content (AvgIpc) is 2.38. The molecule has 0 aromatic heterocycles. The van der Waals surface area contributed by atoms with Gasteiger partial charge in [0, 0.05) is 12.2 Å². The van der Waals surface area contributed by atoms with Crippen molar-refractivity contribution in [3.63, 3.8) is 0 Å². The Morgan fingerprint density at radius 2 is 1.78 bits per heavy atom. The maximum absolute atomic E-state index is 5.98. The first-order chi connectivity index (χ1) is 8.70. The summed E-state index contributed by atoms with van der Waals surface area (Å²) in [7, 11) is 0. The van der Waals surface area contributed by atoms with E-state index in [1.807, 2.05) is 35.2 Å². The fraction of sp³-hybridized carbons (Fsp3) is 0.0667. The molecule has 2 rings (SSSR count). The van der Waals surface area contributed by atoms with E-state index in [4.69, 9.17) is 11.5 Å². The van der Waals surface area contributed by atoms with Crippen LogP contribution in [0.2, 0.25) is 0 Å². The van der Waals surface area contributed by atoms with Crippen LogP contribution in [0.1, 0.15) is 5.56 Å². The highest BCUT2D eigenvalue weighted by atomic mass is 15.1. The number of benzene rings is 2. The maximum atomic E-state index is 5.98. The van der Waals surface area contributed by atoms with Gasteiger partial charge in [0.15, 0.2) is 0 Å². The van der Waals surface area contributed by atoms with E-state index >= 15 is 0 Å². The summed E-state index contributed by atoms with van der Waals surface area (Å²) in [6.07, 6.45) is 1.77. The quantitative estimate of drug-likeness (QED) is 0.806. The lowest BCUT2D eigenvalue weighted by Gasteiger charge is -2.22. The van der Waals surface area contributed by atoms with Crippen molar-refractivity contribution < 1.29 is 0 Å². The standard InChI is InChI=1S/C15H17N3/c1-2-18(11-12-6-4-3-5-7-12)15-9-8-13(16)10-14(15)17/h2-10H,1,11,16-17H2. The molecule has 0 heterocycles. The van der Waals surface area contributed by atoms with Crippen LogP contribution in [-0.2, 0) is 6.54 Å². The van der Waals surface area contributed by atoms with Crippen molar-refractivity contribution in [1.29, 1.82) is 0 Å². The Hall–Kier alpha value is -2.42. The molecule has 18 heavy (non-hydrogen) atoms. The summed E-state index contributed by atoms with van der Waals surface area (Å²) in [5.41, 5.74) is 15.1. The van der Waals surface area contributed by atoms with Crippen LogP contribution in [0.4, 0.5) is 17.1 Å². The van der Waals surface area contributed by atoms with Crippen LogP contribution in [0.25, 0.3) is 0 Å². The van der Waals surface area contributed by atoms with E-state index in [9.17, 15) is 0 Å². The molecule has 3 nitrogen and oxygen atoms in total. The summed E-state index contributed by atoms with van der Waals surface area (Å²) >= 11 is 0. The summed E-state index contributed by atoms with van der Waals surface area (Å²) in [5, 5.41) is 0. The summed E-state index contributed by atoms with van der Waals surface area (Å²) in [6.45, 7) is 4.57. The summed E-state index contributed by atoms with van der Waals surface area (Å²) in [6, 6.07) is 15.7. The minimum Gasteiger partial charge on any atom is -0.399 e. The molecule has 2 aromatic rings. The SMILES string of the molecule is C=CN(Cc1ccccc1)c1ccc(N)cc1N. The Morgan fingerprint density at radius 3 is 2.39 bits per heavy atom. The van der Waals surface area contributed by atoms with Gasteiger partial charge in [0.25, 0.3) is 0 Å². The first-order valence-corrected chi connectivity index (χ1v) is 5.79. The molecule has 0 aliphatic rings. The molecular weight excluding hydrogens is 222 g/mol. The van der Waals surface area contributed by atoms with Crippen molar-refractivity contribution >= 4 is 17.1 Å². The molecular formula is C15H17N3. The smallest absolute Gasteiger partial charge is 0.0644 e. The van der Waals surface area contributed by atoms with Crippen LogP contribution < -0.4 is 16.4 Å². The fourth-order valence-electron chi connectivity index (χ4n) is 1.86. The molecule has 0 saturated heterocycles. The third kappa shape index (κ3) is 2.63. The van der Waals surface area contributed by atoms with Gasteiger partial charge in [-0.2, -0.15) is 0 Å². The lowest BCUT2D eigenvalue weighted by Crippen LogP contribution is -2.16. The molecule has 3 heteroatoms. The fourth-order valence-corrected chi connectivity index (χ4v) is 1.86. The molecule has 4 N–H and O–H groups in total. The van der Waals surface area contributed by atoms with Gasteiger partial charge < -0.3 is 16.4 Å². The number of nitrogens with two attached hydrogens (primary N) is 2. The van der Waals surface area contributed by atoms with Gasteiger partial charge in [0.1, 0.15) is 0 Å². The Labute approximate surface area is 107 Å².